The van der Waals surface area contributed by atoms with Gasteiger partial charge in [0.25, 0.3) is 0 Å². The molecule has 0 heterocycles. The van der Waals surface area contributed by atoms with Crippen molar-refractivity contribution in [1.29, 1.82) is 0 Å². The first-order valence-electron chi connectivity index (χ1n) is 6.21. The Labute approximate surface area is 109 Å². The minimum atomic E-state index is -1.19. The van der Waals surface area contributed by atoms with E-state index in [1.807, 2.05) is 13.8 Å². The number of hydrogen-bond donors (Lipinski definition) is 2. The second kappa shape index (κ2) is 6.73. The van der Waals surface area contributed by atoms with Crippen molar-refractivity contribution in [1.82, 2.24) is 5.32 Å². The maximum Gasteiger partial charge on any atom is 0.407 e. The van der Waals surface area contributed by atoms with Gasteiger partial charge in [0.1, 0.15) is 11.7 Å². The molecule has 0 rings (SSSR count). The van der Waals surface area contributed by atoms with Crippen molar-refractivity contribution in [3.8, 4) is 0 Å². The molecule has 5 heteroatoms. The molecule has 0 spiro atoms. The number of ketones is 1. The number of rotatable bonds is 5. The Morgan fingerprint density at radius 3 is 2.11 bits per heavy atom. The molecule has 0 aromatic heterocycles. The Morgan fingerprint density at radius 2 is 1.78 bits per heavy atom. The first-order valence-corrected chi connectivity index (χ1v) is 6.21. The third kappa shape index (κ3) is 7.27. The zero-order chi connectivity index (χ0) is 14.5. The molecule has 2 N–H and O–H groups in total. The van der Waals surface area contributed by atoms with Crippen molar-refractivity contribution in [2.45, 2.75) is 65.7 Å². The van der Waals surface area contributed by atoms with E-state index in [9.17, 15) is 14.7 Å². The average molecular weight is 259 g/mol. The zero-order valence-electron chi connectivity index (χ0n) is 12.1. The quantitative estimate of drug-likeness (QED) is 0.790. The Kier molecular flexibility index (Phi) is 6.32. The standard InChI is InChI=1S/C13H25NO4/c1-8(2)7-10(11(16)9(3)15)14-12(17)18-13(4,5)6/h8,10-11,16H,7H2,1-6H3,(H,14,17)/t10-,11-/m0/s1. The van der Waals surface area contributed by atoms with Crippen LogP contribution in [0, 0.1) is 5.92 Å². The van der Waals surface area contributed by atoms with Crippen LogP contribution in [-0.2, 0) is 9.53 Å². The van der Waals surface area contributed by atoms with Crippen LogP contribution in [0.5, 0.6) is 0 Å². The summed E-state index contributed by atoms with van der Waals surface area (Å²) in [5, 5.41) is 12.3. The number of alkyl carbamates (subject to hydrolysis) is 1. The Morgan fingerprint density at radius 1 is 1.28 bits per heavy atom. The molecule has 2 atom stereocenters. The number of aliphatic hydroxyl groups excluding tert-OH is 1. The molecule has 18 heavy (non-hydrogen) atoms. The number of aliphatic hydroxyl groups is 1. The molecule has 0 radical (unpaired) electrons. The predicted octanol–water partition coefficient (Wildman–Crippen LogP) is 1.88. The molecule has 0 aliphatic carbocycles. The van der Waals surface area contributed by atoms with Crippen molar-refractivity contribution in [3.63, 3.8) is 0 Å². The molecule has 0 unspecified atom stereocenters. The highest BCUT2D eigenvalue weighted by atomic mass is 16.6. The minimum Gasteiger partial charge on any atom is -0.444 e. The van der Waals surface area contributed by atoms with Crippen LogP contribution < -0.4 is 5.32 Å². The van der Waals surface area contributed by atoms with Crippen LogP contribution >= 0.6 is 0 Å². The van der Waals surface area contributed by atoms with E-state index in [-0.39, 0.29) is 11.7 Å². The van der Waals surface area contributed by atoms with Crippen molar-refractivity contribution in [2.75, 3.05) is 0 Å². The summed E-state index contributed by atoms with van der Waals surface area (Å²) in [4.78, 5) is 22.8. The van der Waals surface area contributed by atoms with Gasteiger partial charge in [0.15, 0.2) is 5.78 Å². The topological polar surface area (TPSA) is 75.6 Å². The fourth-order valence-electron chi connectivity index (χ4n) is 1.52. The highest BCUT2D eigenvalue weighted by Crippen LogP contribution is 2.12. The Bertz CT molecular complexity index is 294. The molecule has 0 saturated heterocycles. The number of amides is 1. The fourth-order valence-corrected chi connectivity index (χ4v) is 1.52. The summed E-state index contributed by atoms with van der Waals surface area (Å²) in [7, 11) is 0. The van der Waals surface area contributed by atoms with Gasteiger partial charge in [-0.15, -0.1) is 0 Å². The van der Waals surface area contributed by atoms with Crippen molar-refractivity contribution in [3.05, 3.63) is 0 Å². The molecule has 1 amide bonds. The summed E-state index contributed by atoms with van der Waals surface area (Å²) >= 11 is 0. The summed E-state index contributed by atoms with van der Waals surface area (Å²) in [6, 6.07) is -0.614. The molecule has 0 fully saturated rings. The van der Waals surface area contributed by atoms with E-state index in [0.29, 0.717) is 6.42 Å². The number of carbonyl (C=O) groups excluding carboxylic acids is 2. The lowest BCUT2D eigenvalue weighted by molar-refractivity contribution is -0.126. The van der Waals surface area contributed by atoms with Gasteiger partial charge in [-0.25, -0.2) is 4.79 Å². The van der Waals surface area contributed by atoms with Crippen LogP contribution in [0.3, 0.4) is 0 Å². The Hall–Kier alpha value is -1.10. The monoisotopic (exact) mass is 259 g/mol. The largest absolute Gasteiger partial charge is 0.444 e. The maximum atomic E-state index is 11.6. The van der Waals surface area contributed by atoms with E-state index in [1.54, 1.807) is 20.8 Å². The lowest BCUT2D eigenvalue weighted by Gasteiger charge is -2.26. The van der Waals surface area contributed by atoms with E-state index < -0.39 is 23.8 Å². The molecule has 0 bridgehead atoms. The predicted molar refractivity (Wildman–Crippen MR) is 69.3 cm³/mol. The maximum absolute atomic E-state index is 11.6. The lowest BCUT2D eigenvalue weighted by atomic mass is 9.97. The van der Waals surface area contributed by atoms with Gasteiger partial charge in [0.05, 0.1) is 6.04 Å². The highest BCUT2D eigenvalue weighted by Gasteiger charge is 2.27. The molecule has 0 aromatic carbocycles. The van der Waals surface area contributed by atoms with E-state index in [4.69, 9.17) is 4.74 Å². The third-order valence-electron chi connectivity index (χ3n) is 2.23. The normalized spacial score (nSPS) is 15.1. The van der Waals surface area contributed by atoms with Crippen molar-refractivity contribution in [2.24, 2.45) is 5.92 Å². The van der Waals surface area contributed by atoms with E-state index >= 15 is 0 Å². The first kappa shape index (κ1) is 16.9. The van der Waals surface area contributed by atoms with Gasteiger partial charge in [0, 0.05) is 0 Å². The smallest absolute Gasteiger partial charge is 0.407 e. The molecule has 0 aromatic rings. The van der Waals surface area contributed by atoms with Gasteiger partial charge in [-0.2, -0.15) is 0 Å². The van der Waals surface area contributed by atoms with Crippen LogP contribution in [0.25, 0.3) is 0 Å². The van der Waals surface area contributed by atoms with E-state index in [0.717, 1.165) is 0 Å². The second-order valence-electron chi connectivity index (χ2n) is 5.94. The number of Topliss-reactive ketones (excluding diaryl/α,β-unsaturated/α-hetero) is 1. The first-order chi connectivity index (χ1) is 8.03. The summed E-state index contributed by atoms with van der Waals surface area (Å²) in [5.41, 5.74) is -0.604. The van der Waals surface area contributed by atoms with E-state index in [1.165, 1.54) is 6.92 Å². The third-order valence-corrected chi connectivity index (χ3v) is 2.23. The Balaban J connectivity index is 4.59. The van der Waals surface area contributed by atoms with Gasteiger partial charge in [0.2, 0.25) is 0 Å². The fraction of sp³-hybridized carbons (Fsp3) is 0.846. The second-order valence-corrected chi connectivity index (χ2v) is 5.94. The SMILES string of the molecule is CC(=O)[C@H](O)[C@H](CC(C)C)NC(=O)OC(C)(C)C. The van der Waals surface area contributed by atoms with Gasteiger partial charge >= 0.3 is 6.09 Å². The molecule has 5 nitrogen and oxygen atoms in total. The van der Waals surface area contributed by atoms with Crippen LogP contribution in [-0.4, -0.2) is 34.7 Å². The minimum absolute atomic E-state index is 0.249. The summed E-state index contributed by atoms with van der Waals surface area (Å²) in [6.45, 7) is 10.5. The molecule has 0 saturated carbocycles. The van der Waals surface area contributed by atoms with Crippen LogP contribution in [0.1, 0.15) is 48.0 Å². The summed E-state index contributed by atoms with van der Waals surface area (Å²) in [5.74, 6) is -0.115. The highest BCUT2D eigenvalue weighted by molar-refractivity contribution is 5.81. The summed E-state index contributed by atoms with van der Waals surface area (Å²) in [6.07, 6.45) is -1.30. The zero-order valence-corrected chi connectivity index (χ0v) is 12.1. The average Bonchev–Trinajstić information content (AvgIpc) is 2.11. The molecular formula is C13H25NO4. The summed E-state index contributed by atoms with van der Waals surface area (Å²) < 4.78 is 5.11. The number of hydrogen-bond acceptors (Lipinski definition) is 4. The number of carbonyl (C=O) groups is 2. The van der Waals surface area contributed by atoms with Crippen LogP contribution in [0.2, 0.25) is 0 Å². The molecule has 106 valence electrons. The van der Waals surface area contributed by atoms with Crippen LogP contribution in [0.15, 0.2) is 0 Å². The van der Waals surface area contributed by atoms with Crippen molar-refractivity contribution >= 4 is 11.9 Å². The van der Waals surface area contributed by atoms with Gasteiger partial charge in [-0.3, -0.25) is 4.79 Å². The number of ether oxygens (including phenoxy) is 1. The van der Waals surface area contributed by atoms with Crippen molar-refractivity contribution < 1.29 is 19.4 Å². The lowest BCUT2D eigenvalue weighted by Crippen LogP contribution is -2.48. The van der Waals surface area contributed by atoms with Crippen LogP contribution in [0.4, 0.5) is 4.79 Å². The van der Waals surface area contributed by atoms with Gasteiger partial charge in [-0.05, 0) is 40.0 Å². The number of nitrogens with one attached hydrogen (secondary N) is 1. The molecule has 0 aliphatic heterocycles. The van der Waals surface area contributed by atoms with Gasteiger partial charge < -0.3 is 15.2 Å². The molecule has 0 aliphatic rings. The van der Waals surface area contributed by atoms with E-state index in [2.05, 4.69) is 5.32 Å². The van der Waals surface area contributed by atoms with Gasteiger partial charge in [-0.1, -0.05) is 13.8 Å². The molecular weight excluding hydrogens is 234 g/mol.